The van der Waals surface area contributed by atoms with Crippen LogP contribution in [0.25, 0.3) is 0 Å². The SMILES string of the molecule is CCCCCCCCOC(=O)CN(CC(=O)OCCCCCCC)CC(=O)OCC(C)C/C=C\CC(C)C(C)CC. The van der Waals surface area contributed by atoms with Crippen LogP contribution in [0, 0.1) is 17.8 Å². The van der Waals surface area contributed by atoms with Crippen LogP contribution < -0.4 is 0 Å². The van der Waals surface area contributed by atoms with Gasteiger partial charge >= 0.3 is 17.9 Å². The zero-order chi connectivity index (χ0) is 30.7. The van der Waals surface area contributed by atoms with Gasteiger partial charge in [-0.25, -0.2) is 0 Å². The van der Waals surface area contributed by atoms with Crippen molar-refractivity contribution in [1.82, 2.24) is 4.90 Å². The fraction of sp³-hybridized carbons (Fsp3) is 0.853. The summed E-state index contributed by atoms with van der Waals surface area (Å²) in [4.78, 5) is 39.0. The summed E-state index contributed by atoms with van der Waals surface area (Å²) in [6.45, 7) is 13.7. The molecule has 0 spiro atoms. The van der Waals surface area contributed by atoms with E-state index in [2.05, 4.69) is 46.8 Å². The number of allylic oxidation sites excluding steroid dienone is 2. The third-order valence-corrected chi connectivity index (χ3v) is 7.69. The topological polar surface area (TPSA) is 82.1 Å². The van der Waals surface area contributed by atoms with Crippen molar-refractivity contribution in [2.45, 2.75) is 131 Å². The highest BCUT2D eigenvalue weighted by molar-refractivity contribution is 5.78. The number of nitrogens with zero attached hydrogens (tertiary/aromatic N) is 1. The third-order valence-electron chi connectivity index (χ3n) is 7.69. The molecule has 0 aromatic rings. The van der Waals surface area contributed by atoms with Crippen molar-refractivity contribution in [2.24, 2.45) is 17.8 Å². The standard InChI is InChI=1S/C34H63NO6/c1-7-10-12-14-16-20-24-40-33(37)26-35(25-32(36)39-23-19-15-13-11-8-2)27-34(38)41-28-29(4)21-17-18-22-31(6)30(5)9-3/h17-18,29-31H,7-16,19-28H2,1-6H3/b18-17-. The largest absolute Gasteiger partial charge is 0.465 e. The molecule has 7 nitrogen and oxygen atoms in total. The van der Waals surface area contributed by atoms with Gasteiger partial charge in [0.2, 0.25) is 0 Å². The molecule has 0 radical (unpaired) electrons. The summed E-state index contributed by atoms with van der Waals surface area (Å²) in [5.74, 6) is 0.202. The molecular weight excluding hydrogens is 518 g/mol. The lowest BCUT2D eigenvalue weighted by atomic mass is 9.90. The Kier molecular flexibility index (Phi) is 25.7. The number of hydrogen-bond donors (Lipinski definition) is 0. The molecule has 0 fully saturated rings. The number of esters is 3. The van der Waals surface area contributed by atoms with Gasteiger partial charge in [-0.05, 0) is 43.4 Å². The summed E-state index contributed by atoms with van der Waals surface area (Å²) in [5.41, 5.74) is 0. The Bertz CT molecular complexity index is 695. The van der Waals surface area contributed by atoms with Crippen molar-refractivity contribution >= 4 is 17.9 Å². The van der Waals surface area contributed by atoms with Gasteiger partial charge in [0.05, 0.1) is 39.5 Å². The summed E-state index contributed by atoms with van der Waals surface area (Å²) < 4.78 is 16.2. The molecule has 0 amide bonds. The zero-order valence-electron chi connectivity index (χ0n) is 27.4. The van der Waals surface area contributed by atoms with Crippen LogP contribution in [0.1, 0.15) is 131 Å². The second-order valence-corrected chi connectivity index (χ2v) is 11.9. The summed E-state index contributed by atoms with van der Waals surface area (Å²) >= 11 is 0. The number of carbonyl (C=O) groups is 3. The molecule has 0 N–H and O–H groups in total. The average molecular weight is 582 g/mol. The van der Waals surface area contributed by atoms with E-state index in [-0.39, 0.29) is 25.6 Å². The van der Waals surface area contributed by atoms with E-state index in [0.717, 1.165) is 57.8 Å². The lowest BCUT2D eigenvalue weighted by Gasteiger charge is -2.20. The van der Waals surface area contributed by atoms with Crippen LogP contribution in [0.2, 0.25) is 0 Å². The normalized spacial score (nSPS) is 13.7. The zero-order valence-corrected chi connectivity index (χ0v) is 27.4. The molecule has 3 atom stereocenters. The molecule has 0 aromatic carbocycles. The second-order valence-electron chi connectivity index (χ2n) is 11.9. The lowest BCUT2D eigenvalue weighted by Crippen LogP contribution is -2.40. The predicted molar refractivity (Wildman–Crippen MR) is 168 cm³/mol. The first-order valence-electron chi connectivity index (χ1n) is 16.6. The van der Waals surface area contributed by atoms with Crippen molar-refractivity contribution in [2.75, 3.05) is 39.5 Å². The van der Waals surface area contributed by atoms with Crippen molar-refractivity contribution in [3.05, 3.63) is 12.2 Å². The van der Waals surface area contributed by atoms with Crippen LogP contribution in [0.5, 0.6) is 0 Å². The molecule has 0 aliphatic heterocycles. The maximum absolute atomic E-state index is 12.6. The summed E-state index contributed by atoms with van der Waals surface area (Å²) in [7, 11) is 0. The van der Waals surface area contributed by atoms with E-state index >= 15 is 0 Å². The maximum atomic E-state index is 12.6. The molecule has 7 heteroatoms. The maximum Gasteiger partial charge on any atom is 0.320 e. The third kappa shape index (κ3) is 24.4. The van der Waals surface area contributed by atoms with Gasteiger partial charge in [-0.3, -0.25) is 19.3 Å². The van der Waals surface area contributed by atoms with Crippen LogP contribution in [-0.4, -0.2) is 62.3 Å². The van der Waals surface area contributed by atoms with Gasteiger partial charge in [-0.15, -0.1) is 0 Å². The van der Waals surface area contributed by atoms with E-state index in [1.165, 1.54) is 37.0 Å². The van der Waals surface area contributed by atoms with E-state index in [1.54, 1.807) is 0 Å². The van der Waals surface area contributed by atoms with Crippen LogP contribution in [0.4, 0.5) is 0 Å². The molecule has 0 bridgehead atoms. The second kappa shape index (κ2) is 27.0. The highest BCUT2D eigenvalue weighted by atomic mass is 16.5. The quantitative estimate of drug-likeness (QED) is 0.0422. The fourth-order valence-electron chi connectivity index (χ4n) is 4.39. The number of unbranched alkanes of at least 4 members (excludes halogenated alkanes) is 9. The average Bonchev–Trinajstić information content (AvgIpc) is 2.94. The molecule has 0 aliphatic carbocycles. The minimum atomic E-state index is -0.456. The lowest BCUT2D eigenvalue weighted by molar-refractivity contribution is -0.152. The molecule has 41 heavy (non-hydrogen) atoms. The first-order chi connectivity index (χ1) is 19.7. The summed E-state index contributed by atoms with van der Waals surface area (Å²) in [5, 5.41) is 0. The Morgan fingerprint density at radius 3 is 1.51 bits per heavy atom. The Hall–Kier alpha value is -1.89. The highest BCUT2D eigenvalue weighted by Gasteiger charge is 2.21. The number of hydrogen-bond acceptors (Lipinski definition) is 7. The Balaban J connectivity index is 4.64. The molecule has 0 saturated heterocycles. The van der Waals surface area contributed by atoms with Gasteiger partial charge in [-0.1, -0.05) is 118 Å². The number of rotatable bonds is 27. The number of carbonyl (C=O) groups excluding carboxylic acids is 3. The van der Waals surface area contributed by atoms with E-state index in [9.17, 15) is 14.4 Å². The van der Waals surface area contributed by atoms with E-state index in [1.807, 2.05) is 6.92 Å². The highest BCUT2D eigenvalue weighted by Crippen LogP contribution is 2.18. The fourth-order valence-corrected chi connectivity index (χ4v) is 4.39. The number of ether oxygens (including phenoxy) is 3. The van der Waals surface area contributed by atoms with Crippen LogP contribution in [-0.2, 0) is 28.6 Å². The minimum Gasteiger partial charge on any atom is -0.465 e. The van der Waals surface area contributed by atoms with Crippen LogP contribution >= 0.6 is 0 Å². The molecule has 0 rings (SSSR count). The Morgan fingerprint density at radius 1 is 0.585 bits per heavy atom. The Labute approximate surface area is 252 Å². The van der Waals surface area contributed by atoms with E-state index in [0.29, 0.717) is 31.7 Å². The minimum absolute atomic E-state index is 0.150. The molecule has 0 heterocycles. The van der Waals surface area contributed by atoms with Crippen LogP contribution in [0.3, 0.4) is 0 Å². The van der Waals surface area contributed by atoms with Gasteiger partial charge in [-0.2, -0.15) is 0 Å². The van der Waals surface area contributed by atoms with Gasteiger partial charge in [0.1, 0.15) is 0 Å². The van der Waals surface area contributed by atoms with Crippen molar-refractivity contribution in [1.29, 1.82) is 0 Å². The first-order valence-corrected chi connectivity index (χ1v) is 16.6. The Morgan fingerprint density at radius 2 is 1.02 bits per heavy atom. The van der Waals surface area contributed by atoms with E-state index < -0.39 is 17.9 Å². The van der Waals surface area contributed by atoms with Crippen molar-refractivity contribution in [3.63, 3.8) is 0 Å². The van der Waals surface area contributed by atoms with Gasteiger partial charge in [0.15, 0.2) is 0 Å². The molecule has 240 valence electrons. The smallest absolute Gasteiger partial charge is 0.320 e. The van der Waals surface area contributed by atoms with E-state index in [4.69, 9.17) is 14.2 Å². The molecular formula is C34H63NO6. The van der Waals surface area contributed by atoms with Gasteiger partial charge in [0.25, 0.3) is 0 Å². The molecule has 3 unspecified atom stereocenters. The van der Waals surface area contributed by atoms with Gasteiger partial charge < -0.3 is 14.2 Å². The molecule has 0 aromatic heterocycles. The van der Waals surface area contributed by atoms with Crippen molar-refractivity contribution in [3.8, 4) is 0 Å². The monoisotopic (exact) mass is 581 g/mol. The van der Waals surface area contributed by atoms with Crippen LogP contribution in [0.15, 0.2) is 12.2 Å². The summed E-state index contributed by atoms with van der Waals surface area (Å²) in [6, 6.07) is 0. The molecule has 0 saturated carbocycles. The summed E-state index contributed by atoms with van der Waals surface area (Å²) in [6.07, 6.45) is 19.4. The first kappa shape index (κ1) is 39.1. The predicted octanol–water partition coefficient (Wildman–Crippen LogP) is 7.90. The van der Waals surface area contributed by atoms with Gasteiger partial charge in [0, 0.05) is 0 Å². The molecule has 0 aliphatic rings. The van der Waals surface area contributed by atoms with Crippen molar-refractivity contribution < 1.29 is 28.6 Å².